The van der Waals surface area contributed by atoms with E-state index in [2.05, 4.69) is 4.90 Å². The van der Waals surface area contributed by atoms with Crippen LogP contribution in [-0.2, 0) is 16.7 Å². The molecule has 1 heterocycles. The average molecular weight is 295 g/mol. The molecule has 0 atom stereocenters. The summed E-state index contributed by atoms with van der Waals surface area (Å²) in [6, 6.07) is 5.11. The highest BCUT2D eigenvalue weighted by Crippen LogP contribution is 2.30. The Labute approximate surface area is 119 Å². The normalized spacial score (nSPS) is 15.8. The van der Waals surface area contributed by atoms with Gasteiger partial charge in [-0.1, -0.05) is 12.5 Å². The van der Waals surface area contributed by atoms with E-state index in [1.165, 1.54) is 12.8 Å². The van der Waals surface area contributed by atoms with Crippen LogP contribution in [0.5, 0.6) is 11.5 Å². The van der Waals surface area contributed by atoms with Gasteiger partial charge in [-0.3, -0.25) is 4.90 Å². The maximum Gasteiger partial charge on any atom is 0.306 e. The van der Waals surface area contributed by atoms with Gasteiger partial charge < -0.3 is 8.92 Å². The van der Waals surface area contributed by atoms with Crippen molar-refractivity contribution in [3.8, 4) is 24.0 Å². The summed E-state index contributed by atoms with van der Waals surface area (Å²) >= 11 is 0. The quantitative estimate of drug-likeness (QED) is 0.610. The minimum atomic E-state index is -3.61. The largest absolute Gasteiger partial charge is 0.404 e. The fourth-order valence-electron chi connectivity index (χ4n) is 2.22. The molecule has 1 aliphatic heterocycles. The van der Waals surface area contributed by atoms with Crippen molar-refractivity contribution in [2.24, 2.45) is 0 Å². The van der Waals surface area contributed by atoms with Gasteiger partial charge in [0.25, 0.3) is 0 Å². The molecule has 5 nitrogen and oxygen atoms in total. The van der Waals surface area contributed by atoms with Gasteiger partial charge in [-0.25, -0.2) is 0 Å². The fourth-order valence-corrected chi connectivity index (χ4v) is 2.69. The summed E-state index contributed by atoms with van der Waals surface area (Å²) in [5.74, 6) is 0.352. The maximum absolute atomic E-state index is 11.2. The standard InChI is InChI=1S/C14H17NO4S/c1-3-18-14-10-12(11-15-8-4-5-9-15)6-7-13(14)19-20(2,16)17/h1,6-7,10H,4-5,8-9,11H2,2H3. The zero-order valence-electron chi connectivity index (χ0n) is 11.3. The van der Waals surface area contributed by atoms with E-state index < -0.39 is 10.1 Å². The van der Waals surface area contributed by atoms with Crippen molar-refractivity contribution in [1.82, 2.24) is 4.90 Å². The highest BCUT2D eigenvalue weighted by atomic mass is 32.2. The Morgan fingerprint density at radius 2 is 2.00 bits per heavy atom. The first-order valence-corrected chi connectivity index (χ1v) is 8.17. The van der Waals surface area contributed by atoms with Crippen molar-refractivity contribution >= 4 is 10.1 Å². The van der Waals surface area contributed by atoms with Gasteiger partial charge in [0.2, 0.25) is 0 Å². The van der Waals surface area contributed by atoms with Crippen LogP contribution >= 0.6 is 0 Å². The third-order valence-corrected chi connectivity index (χ3v) is 3.51. The van der Waals surface area contributed by atoms with Crippen LogP contribution in [0.3, 0.4) is 0 Å². The molecule has 20 heavy (non-hydrogen) atoms. The molecule has 6 heteroatoms. The van der Waals surface area contributed by atoms with E-state index in [1.807, 2.05) is 12.2 Å². The third kappa shape index (κ3) is 4.15. The second kappa shape index (κ2) is 6.16. The molecule has 0 aliphatic carbocycles. The van der Waals surface area contributed by atoms with Crippen molar-refractivity contribution in [2.45, 2.75) is 19.4 Å². The van der Waals surface area contributed by atoms with Gasteiger partial charge in [-0.05, 0) is 43.6 Å². The second-order valence-electron chi connectivity index (χ2n) is 4.77. The van der Waals surface area contributed by atoms with Gasteiger partial charge in [0.15, 0.2) is 11.5 Å². The monoisotopic (exact) mass is 295 g/mol. The molecule has 2 rings (SSSR count). The predicted molar refractivity (Wildman–Crippen MR) is 75.9 cm³/mol. The minimum Gasteiger partial charge on any atom is -0.404 e. The van der Waals surface area contributed by atoms with Gasteiger partial charge in [0.1, 0.15) is 6.11 Å². The summed E-state index contributed by atoms with van der Waals surface area (Å²) in [4.78, 5) is 2.33. The van der Waals surface area contributed by atoms with Crippen LogP contribution in [-0.4, -0.2) is 32.7 Å². The Kier molecular flexibility index (Phi) is 4.53. The Bertz CT molecular complexity index is 613. The van der Waals surface area contributed by atoms with Crippen molar-refractivity contribution in [2.75, 3.05) is 19.3 Å². The lowest BCUT2D eigenvalue weighted by Crippen LogP contribution is -2.18. The van der Waals surface area contributed by atoms with Crippen LogP contribution in [0.25, 0.3) is 0 Å². The van der Waals surface area contributed by atoms with Gasteiger partial charge in [-0.2, -0.15) is 8.42 Å². The number of hydrogen-bond acceptors (Lipinski definition) is 5. The molecule has 1 aromatic carbocycles. The van der Waals surface area contributed by atoms with E-state index in [1.54, 1.807) is 12.1 Å². The summed E-state index contributed by atoms with van der Waals surface area (Å²) in [7, 11) is -3.61. The fraction of sp³-hybridized carbons (Fsp3) is 0.429. The number of likely N-dealkylation sites (tertiary alicyclic amines) is 1. The third-order valence-electron chi connectivity index (χ3n) is 3.02. The number of nitrogens with zero attached hydrogens (tertiary/aromatic N) is 1. The van der Waals surface area contributed by atoms with E-state index in [4.69, 9.17) is 15.3 Å². The Hall–Kier alpha value is -1.71. The molecule has 0 amide bonds. The first-order chi connectivity index (χ1) is 9.48. The Morgan fingerprint density at radius 1 is 1.30 bits per heavy atom. The lowest BCUT2D eigenvalue weighted by atomic mass is 10.2. The summed E-state index contributed by atoms with van der Waals surface area (Å²) in [6.45, 7) is 2.94. The first kappa shape index (κ1) is 14.7. The molecule has 0 radical (unpaired) electrons. The molecule has 0 aromatic heterocycles. The summed E-state index contributed by atoms with van der Waals surface area (Å²) in [6.07, 6.45) is 10.6. The number of ether oxygens (including phenoxy) is 1. The summed E-state index contributed by atoms with van der Waals surface area (Å²) < 4.78 is 32.2. The van der Waals surface area contributed by atoms with E-state index in [0.717, 1.165) is 31.5 Å². The smallest absolute Gasteiger partial charge is 0.306 e. The molecule has 1 aliphatic rings. The Balaban J connectivity index is 2.20. The van der Waals surface area contributed by atoms with Crippen molar-refractivity contribution in [1.29, 1.82) is 0 Å². The van der Waals surface area contributed by atoms with E-state index in [-0.39, 0.29) is 11.5 Å². The molecule has 1 saturated heterocycles. The van der Waals surface area contributed by atoms with Gasteiger partial charge in [-0.15, -0.1) is 0 Å². The number of rotatable bonds is 5. The van der Waals surface area contributed by atoms with E-state index in [0.29, 0.717) is 0 Å². The predicted octanol–water partition coefficient (Wildman–Crippen LogP) is 1.59. The molecular formula is C14H17NO4S. The van der Waals surface area contributed by atoms with Crippen LogP contribution in [0.1, 0.15) is 18.4 Å². The van der Waals surface area contributed by atoms with E-state index in [9.17, 15) is 8.42 Å². The zero-order valence-corrected chi connectivity index (χ0v) is 12.1. The molecule has 0 spiro atoms. The zero-order chi connectivity index (χ0) is 14.6. The van der Waals surface area contributed by atoms with Gasteiger partial charge in [0, 0.05) is 6.54 Å². The lowest BCUT2D eigenvalue weighted by molar-refractivity contribution is 0.330. The van der Waals surface area contributed by atoms with Crippen molar-refractivity contribution in [3.05, 3.63) is 23.8 Å². The summed E-state index contributed by atoms with van der Waals surface area (Å²) in [5.41, 5.74) is 1.01. The second-order valence-corrected chi connectivity index (χ2v) is 6.35. The molecular weight excluding hydrogens is 278 g/mol. The lowest BCUT2D eigenvalue weighted by Gasteiger charge is -2.15. The van der Waals surface area contributed by atoms with Crippen molar-refractivity contribution in [3.63, 3.8) is 0 Å². The van der Waals surface area contributed by atoms with Crippen LogP contribution in [0.2, 0.25) is 0 Å². The van der Waals surface area contributed by atoms with Crippen LogP contribution in [0, 0.1) is 12.5 Å². The highest BCUT2D eigenvalue weighted by Gasteiger charge is 2.15. The molecule has 0 bridgehead atoms. The van der Waals surface area contributed by atoms with Crippen LogP contribution in [0.15, 0.2) is 18.2 Å². The molecule has 1 aromatic rings. The average Bonchev–Trinajstić information content (AvgIpc) is 2.84. The molecule has 1 fully saturated rings. The first-order valence-electron chi connectivity index (χ1n) is 6.35. The maximum atomic E-state index is 11.2. The molecule has 108 valence electrons. The number of benzene rings is 1. The van der Waals surface area contributed by atoms with Gasteiger partial charge in [0.05, 0.1) is 6.26 Å². The van der Waals surface area contributed by atoms with Crippen LogP contribution < -0.4 is 8.92 Å². The molecule has 0 unspecified atom stereocenters. The number of terminal acetylenes is 1. The Morgan fingerprint density at radius 3 is 2.60 bits per heavy atom. The van der Waals surface area contributed by atoms with Gasteiger partial charge >= 0.3 is 10.1 Å². The SMILES string of the molecule is C#COc1cc(CN2CCCC2)ccc1OS(C)(=O)=O. The van der Waals surface area contributed by atoms with E-state index >= 15 is 0 Å². The highest BCUT2D eigenvalue weighted by molar-refractivity contribution is 7.86. The topological polar surface area (TPSA) is 55.8 Å². The summed E-state index contributed by atoms with van der Waals surface area (Å²) in [5, 5.41) is 0. The van der Waals surface area contributed by atoms with Crippen LogP contribution in [0.4, 0.5) is 0 Å². The van der Waals surface area contributed by atoms with Crippen molar-refractivity contribution < 1.29 is 17.3 Å². The molecule has 0 N–H and O–H groups in total. The number of hydrogen-bond donors (Lipinski definition) is 0. The minimum absolute atomic E-state index is 0.107. The molecule has 0 saturated carbocycles.